The Hall–Kier alpha value is -2.49. The Morgan fingerprint density at radius 1 is 1.13 bits per heavy atom. The molecular weight excluding hydrogens is 290 g/mol. The van der Waals surface area contributed by atoms with E-state index in [0.717, 1.165) is 16.9 Å². The SMILES string of the molecule is CC[C@H](Oc1ccc(C)cc1)C(=O)NCc1ccccc1OC. The van der Waals surface area contributed by atoms with Crippen molar-refractivity contribution < 1.29 is 14.3 Å². The molecule has 0 bridgehead atoms. The van der Waals surface area contributed by atoms with E-state index in [1.54, 1.807) is 7.11 Å². The topological polar surface area (TPSA) is 47.6 Å². The van der Waals surface area contributed by atoms with Crippen LogP contribution in [0, 0.1) is 6.92 Å². The van der Waals surface area contributed by atoms with Crippen LogP contribution >= 0.6 is 0 Å². The first kappa shape index (κ1) is 16.9. The standard InChI is InChI=1S/C19H23NO3/c1-4-17(23-16-11-9-14(2)10-12-16)19(21)20-13-15-7-5-6-8-18(15)22-3/h5-12,17H,4,13H2,1-3H3,(H,20,21)/t17-/m0/s1. The molecule has 0 spiro atoms. The Balaban J connectivity index is 1.96. The predicted molar refractivity (Wildman–Crippen MR) is 90.7 cm³/mol. The summed E-state index contributed by atoms with van der Waals surface area (Å²) in [5, 5.41) is 2.91. The molecule has 0 aliphatic rings. The average molecular weight is 313 g/mol. The van der Waals surface area contributed by atoms with Gasteiger partial charge < -0.3 is 14.8 Å². The van der Waals surface area contributed by atoms with Gasteiger partial charge in [-0.3, -0.25) is 4.79 Å². The zero-order chi connectivity index (χ0) is 16.7. The van der Waals surface area contributed by atoms with Gasteiger partial charge in [-0.05, 0) is 31.5 Å². The Kier molecular flexibility index (Phi) is 6.03. The molecule has 23 heavy (non-hydrogen) atoms. The molecule has 122 valence electrons. The Bertz CT molecular complexity index is 637. The quantitative estimate of drug-likeness (QED) is 0.851. The van der Waals surface area contributed by atoms with E-state index >= 15 is 0 Å². The molecule has 1 atom stereocenters. The van der Waals surface area contributed by atoms with Crippen LogP contribution in [0.2, 0.25) is 0 Å². The number of hydrogen-bond acceptors (Lipinski definition) is 3. The van der Waals surface area contributed by atoms with Gasteiger partial charge in [0.25, 0.3) is 5.91 Å². The number of nitrogens with one attached hydrogen (secondary N) is 1. The highest BCUT2D eigenvalue weighted by atomic mass is 16.5. The number of hydrogen-bond donors (Lipinski definition) is 1. The fourth-order valence-corrected chi connectivity index (χ4v) is 2.25. The predicted octanol–water partition coefficient (Wildman–Crippen LogP) is 3.48. The van der Waals surface area contributed by atoms with Crippen molar-refractivity contribution in [2.24, 2.45) is 0 Å². The molecule has 0 aliphatic carbocycles. The summed E-state index contributed by atoms with van der Waals surface area (Å²) in [4.78, 5) is 12.3. The molecule has 0 saturated heterocycles. The van der Waals surface area contributed by atoms with E-state index in [9.17, 15) is 4.79 Å². The van der Waals surface area contributed by atoms with Crippen molar-refractivity contribution in [3.05, 3.63) is 59.7 Å². The molecule has 0 aromatic heterocycles. The molecule has 1 amide bonds. The fraction of sp³-hybridized carbons (Fsp3) is 0.316. The second kappa shape index (κ2) is 8.22. The number of ether oxygens (including phenoxy) is 2. The number of methoxy groups -OCH3 is 1. The van der Waals surface area contributed by atoms with Gasteiger partial charge in [0, 0.05) is 12.1 Å². The highest BCUT2D eigenvalue weighted by Gasteiger charge is 2.18. The van der Waals surface area contributed by atoms with E-state index < -0.39 is 6.10 Å². The lowest BCUT2D eigenvalue weighted by Gasteiger charge is -2.18. The lowest BCUT2D eigenvalue weighted by molar-refractivity contribution is -0.128. The molecule has 0 fully saturated rings. The highest BCUT2D eigenvalue weighted by Crippen LogP contribution is 2.18. The van der Waals surface area contributed by atoms with Crippen molar-refractivity contribution >= 4 is 5.91 Å². The lowest BCUT2D eigenvalue weighted by atomic mass is 10.2. The maximum atomic E-state index is 12.3. The molecule has 4 nitrogen and oxygen atoms in total. The van der Waals surface area contributed by atoms with Crippen LogP contribution in [0.1, 0.15) is 24.5 Å². The molecule has 2 aromatic rings. The van der Waals surface area contributed by atoms with Gasteiger partial charge in [0.05, 0.1) is 7.11 Å². The summed E-state index contributed by atoms with van der Waals surface area (Å²) in [6.07, 6.45) is 0.0958. The van der Waals surface area contributed by atoms with E-state index in [0.29, 0.717) is 18.7 Å². The van der Waals surface area contributed by atoms with Crippen LogP contribution in [0.25, 0.3) is 0 Å². The zero-order valence-corrected chi connectivity index (χ0v) is 13.8. The van der Waals surface area contributed by atoms with Crippen LogP contribution in [0.15, 0.2) is 48.5 Å². The van der Waals surface area contributed by atoms with Gasteiger partial charge in [-0.1, -0.05) is 42.8 Å². The third kappa shape index (κ3) is 4.74. The van der Waals surface area contributed by atoms with Gasteiger partial charge in [-0.25, -0.2) is 0 Å². The van der Waals surface area contributed by atoms with E-state index in [1.165, 1.54) is 0 Å². The van der Waals surface area contributed by atoms with Crippen molar-refractivity contribution in [1.82, 2.24) is 5.32 Å². The molecular formula is C19H23NO3. The van der Waals surface area contributed by atoms with Crippen LogP contribution in [-0.4, -0.2) is 19.1 Å². The average Bonchev–Trinajstić information content (AvgIpc) is 2.59. The van der Waals surface area contributed by atoms with Crippen molar-refractivity contribution in [2.45, 2.75) is 32.9 Å². The molecule has 2 aromatic carbocycles. The number of amides is 1. The second-order valence-electron chi connectivity index (χ2n) is 5.36. The third-order valence-electron chi connectivity index (χ3n) is 3.61. The van der Waals surface area contributed by atoms with E-state index in [2.05, 4.69) is 5.32 Å². The monoisotopic (exact) mass is 313 g/mol. The van der Waals surface area contributed by atoms with Gasteiger partial charge >= 0.3 is 0 Å². The van der Waals surface area contributed by atoms with Crippen LogP contribution in [-0.2, 0) is 11.3 Å². The van der Waals surface area contributed by atoms with E-state index in [4.69, 9.17) is 9.47 Å². The van der Waals surface area contributed by atoms with Crippen LogP contribution < -0.4 is 14.8 Å². The summed E-state index contributed by atoms with van der Waals surface area (Å²) in [5.41, 5.74) is 2.10. The van der Waals surface area contributed by atoms with Crippen LogP contribution in [0.5, 0.6) is 11.5 Å². The summed E-state index contributed by atoms with van der Waals surface area (Å²) >= 11 is 0. The normalized spacial score (nSPS) is 11.6. The Morgan fingerprint density at radius 2 is 1.83 bits per heavy atom. The maximum absolute atomic E-state index is 12.3. The lowest BCUT2D eigenvalue weighted by Crippen LogP contribution is -2.37. The third-order valence-corrected chi connectivity index (χ3v) is 3.61. The smallest absolute Gasteiger partial charge is 0.261 e. The number of para-hydroxylation sites is 1. The van der Waals surface area contributed by atoms with Crippen molar-refractivity contribution in [3.8, 4) is 11.5 Å². The molecule has 0 unspecified atom stereocenters. The minimum atomic E-state index is -0.507. The molecule has 2 rings (SSSR count). The highest BCUT2D eigenvalue weighted by molar-refractivity contribution is 5.81. The Labute approximate surface area is 137 Å². The van der Waals surface area contributed by atoms with E-state index in [1.807, 2.05) is 62.4 Å². The van der Waals surface area contributed by atoms with Gasteiger partial charge in [-0.15, -0.1) is 0 Å². The second-order valence-corrected chi connectivity index (χ2v) is 5.36. The van der Waals surface area contributed by atoms with Crippen LogP contribution in [0.4, 0.5) is 0 Å². The maximum Gasteiger partial charge on any atom is 0.261 e. The summed E-state index contributed by atoms with van der Waals surface area (Å²) in [6, 6.07) is 15.3. The van der Waals surface area contributed by atoms with Crippen LogP contribution in [0.3, 0.4) is 0 Å². The van der Waals surface area contributed by atoms with Gasteiger partial charge in [0.2, 0.25) is 0 Å². The van der Waals surface area contributed by atoms with Gasteiger partial charge in [-0.2, -0.15) is 0 Å². The molecule has 0 saturated carbocycles. The first-order valence-electron chi connectivity index (χ1n) is 7.77. The number of aryl methyl sites for hydroxylation is 1. The number of benzene rings is 2. The first-order chi connectivity index (χ1) is 11.1. The minimum Gasteiger partial charge on any atom is -0.496 e. The molecule has 0 aliphatic heterocycles. The first-order valence-corrected chi connectivity index (χ1v) is 7.77. The van der Waals surface area contributed by atoms with Gasteiger partial charge in [0.15, 0.2) is 6.10 Å². The molecule has 0 heterocycles. The largest absolute Gasteiger partial charge is 0.496 e. The number of carbonyl (C=O) groups is 1. The van der Waals surface area contributed by atoms with Crippen molar-refractivity contribution in [1.29, 1.82) is 0 Å². The number of rotatable bonds is 7. The number of carbonyl (C=O) groups excluding carboxylic acids is 1. The summed E-state index contributed by atoms with van der Waals surface area (Å²) in [5.74, 6) is 1.34. The van der Waals surface area contributed by atoms with Gasteiger partial charge in [0.1, 0.15) is 11.5 Å². The zero-order valence-electron chi connectivity index (χ0n) is 13.8. The molecule has 4 heteroatoms. The van der Waals surface area contributed by atoms with E-state index in [-0.39, 0.29) is 5.91 Å². The summed E-state index contributed by atoms with van der Waals surface area (Å²) < 4.78 is 11.1. The molecule has 1 N–H and O–H groups in total. The Morgan fingerprint density at radius 3 is 2.48 bits per heavy atom. The fourth-order valence-electron chi connectivity index (χ4n) is 2.25. The summed E-state index contributed by atoms with van der Waals surface area (Å²) in [6.45, 7) is 4.36. The summed E-state index contributed by atoms with van der Waals surface area (Å²) in [7, 11) is 1.62. The molecule has 0 radical (unpaired) electrons. The van der Waals surface area contributed by atoms with Crippen molar-refractivity contribution in [3.63, 3.8) is 0 Å². The minimum absolute atomic E-state index is 0.126. The van der Waals surface area contributed by atoms with Crippen molar-refractivity contribution in [2.75, 3.05) is 7.11 Å².